The summed E-state index contributed by atoms with van der Waals surface area (Å²) in [5.41, 5.74) is 0.0172. The molecule has 1 atom stereocenters. The van der Waals surface area contributed by atoms with E-state index in [2.05, 4.69) is 25.3 Å². The van der Waals surface area contributed by atoms with Gasteiger partial charge >= 0.3 is 6.61 Å². The highest BCUT2D eigenvalue weighted by Crippen LogP contribution is 2.24. The second-order valence-corrected chi connectivity index (χ2v) is 7.74. The maximum atomic E-state index is 14.2. The van der Waals surface area contributed by atoms with Crippen LogP contribution >= 0.6 is 24.0 Å². The zero-order valence-corrected chi connectivity index (χ0v) is 20.1. The lowest BCUT2D eigenvalue weighted by Gasteiger charge is -2.34. The molecule has 2 aliphatic rings. The van der Waals surface area contributed by atoms with E-state index < -0.39 is 12.4 Å². The molecule has 10 heteroatoms. The maximum absolute atomic E-state index is 14.2. The molecule has 0 bridgehead atoms. The molecule has 0 saturated carbocycles. The van der Waals surface area contributed by atoms with Crippen molar-refractivity contribution in [2.24, 2.45) is 10.9 Å². The Kier molecular flexibility index (Phi) is 11.2. The topological polar surface area (TPSA) is 58.1 Å². The number of nitrogens with one attached hydrogen (secondary N) is 2. The molecule has 2 aliphatic heterocycles. The molecule has 1 aromatic carbocycles. The van der Waals surface area contributed by atoms with Crippen LogP contribution < -0.4 is 15.4 Å². The number of likely N-dealkylation sites (tertiary alicyclic amines) is 1. The van der Waals surface area contributed by atoms with Gasteiger partial charge in [-0.1, -0.05) is 6.07 Å². The van der Waals surface area contributed by atoms with Crippen molar-refractivity contribution in [3.63, 3.8) is 0 Å². The normalized spacial score (nSPS) is 20.5. The van der Waals surface area contributed by atoms with Crippen LogP contribution in [0, 0.1) is 11.7 Å². The van der Waals surface area contributed by atoms with Gasteiger partial charge in [-0.15, -0.1) is 24.0 Å². The van der Waals surface area contributed by atoms with Crippen LogP contribution in [0.2, 0.25) is 0 Å². The van der Waals surface area contributed by atoms with E-state index in [9.17, 15) is 13.2 Å². The van der Waals surface area contributed by atoms with Crippen LogP contribution in [0.4, 0.5) is 13.2 Å². The molecule has 0 spiro atoms. The van der Waals surface area contributed by atoms with Crippen LogP contribution in [0.3, 0.4) is 0 Å². The number of halogens is 4. The Labute approximate surface area is 199 Å². The molecule has 2 saturated heterocycles. The highest BCUT2D eigenvalue weighted by molar-refractivity contribution is 14.0. The van der Waals surface area contributed by atoms with Gasteiger partial charge in [-0.25, -0.2) is 9.38 Å². The molecule has 0 aromatic heterocycles. The van der Waals surface area contributed by atoms with Crippen molar-refractivity contribution in [2.45, 2.75) is 45.4 Å². The van der Waals surface area contributed by atoms with Crippen LogP contribution in [-0.2, 0) is 11.3 Å². The average Bonchev–Trinajstić information content (AvgIpc) is 3.22. The van der Waals surface area contributed by atoms with Gasteiger partial charge in [-0.3, -0.25) is 0 Å². The predicted octanol–water partition coefficient (Wildman–Crippen LogP) is 3.60. The smallest absolute Gasteiger partial charge is 0.387 e. The van der Waals surface area contributed by atoms with Crippen molar-refractivity contribution < 1.29 is 22.6 Å². The number of hydrogen-bond donors (Lipinski definition) is 2. The molecular weight excluding hydrogens is 524 g/mol. The monoisotopic (exact) mass is 556 g/mol. The lowest BCUT2D eigenvalue weighted by Crippen LogP contribution is -2.49. The summed E-state index contributed by atoms with van der Waals surface area (Å²) >= 11 is 0. The summed E-state index contributed by atoms with van der Waals surface area (Å²) in [4.78, 5) is 6.89. The fourth-order valence-electron chi connectivity index (χ4n) is 3.92. The highest BCUT2D eigenvalue weighted by Gasteiger charge is 2.24. The Morgan fingerprint density at radius 2 is 2.06 bits per heavy atom. The number of benzene rings is 1. The SMILES string of the molecule is CCNC(=NCc1c(F)cccc1OC(F)F)NC1CCN(CC2CCOC2)CC1.I. The van der Waals surface area contributed by atoms with Gasteiger partial charge in [0.05, 0.1) is 18.7 Å². The highest BCUT2D eigenvalue weighted by atomic mass is 127. The van der Waals surface area contributed by atoms with Crippen LogP contribution in [0.15, 0.2) is 23.2 Å². The Balaban J connectivity index is 0.00000341. The number of alkyl halides is 2. The van der Waals surface area contributed by atoms with Crippen molar-refractivity contribution in [2.75, 3.05) is 39.4 Å². The average molecular weight is 556 g/mol. The van der Waals surface area contributed by atoms with Gasteiger partial charge in [0.1, 0.15) is 11.6 Å². The fraction of sp³-hybridized carbons (Fsp3) is 0.667. The third-order valence-corrected chi connectivity index (χ3v) is 5.50. The molecule has 31 heavy (non-hydrogen) atoms. The third kappa shape index (κ3) is 8.30. The summed E-state index contributed by atoms with van der Waals surface area (Å²) in [6.45, 7) is 4.32. The number of aliphatic imine (C=N–C) groups is 1. The van der Waals surface area contributed by atoms with E-state index in [-0.39, 0.29) is 47.9 Å². The zero-order valence-electron chi connectivity index (χ0n) is 17.8. The van der Waals surface area contributed by atoms with Crippen molar-refractivity contribution in [1.82, 2.24) is 15.5 Å². The summed E-state index contributed by atoms with van der Waals surface area (Å²) in [6, 6.07) is 4.14. The van der Waals surface area contributed by atoms with Crippen molar-refractivity contribution in [3.05, 3.63) is 29.6 Å². The molecule has 6 nitrogen and oxygen atoms in total. The van der Waals surface area contributed by atoms with E-state index in [1.165, 1.54) is 18.2 Å². The molecule has 2 heterocycles. The number of guanidine groups is 1. The summed E-state index contributed by atoms with van der Waals surface area (Å²) < 4.78 is 49.3. The van der Waals surface area contributed by atoms with Gasteiger partial charge < -0.3 is 25.0 Å². The summed E-state index contributed by atoms with van der Waals surface area (Å²) in [5.74, 6) is 0.385. The Bertz CT molecular complexity index is 697. The Morgan fingerprint density at radius 3 is 2.71 bits per heavy atom. The second kappa shape index (κ2) is 13.3. The molecule has 0 radical (unpaired) electrons. The Morgan fingerprint density at radius 1 is 1.29 bits per heavy atom. The minimum absolute atomic E-state index is 0. The van der Waals surface area contributed by atoms with Crippen LogP contribution in [0.25, 0.3) is 0 Å². The molecule has 0 aliphatic carbocycles. The van der Waals surface area contributed by atoms with Gasteiger partial charge in [0.15, 0.2) is 5.96 Å². The second-order valence-electron chi connectivity index (χ2n) is 7.74. The van der Waals surface area contributed by atoms with E-state index in [4.69, 9.17) is 4.74 Å². The van der Waals surface area contributed by atoms with E-state index in [1.807, 2.05) is 6.92 Å². The van der Waals surface area contributed by atoms with Gasteiger partial charge in [0, 0.05) is 38.8 Å². The molecule has 3 rings (SSSR count). The zero-order chi connectivity index (χ0) is 21.3. The fourth-order valence-corrected chi connectivity index (χ4v) is 3.92. The number of hydrogen-bond acceptors (Lipinski definition) is 4. The molecule has 2 fully saturated rings. The minimum atomic E-state index is -3.01. The Hall–Kier alpha value is -1.27. The molecule has 0 amide bonds. The molecule has 1 unspecified atom stereocenters. The van der Waals surface area contributed by atoms with Crippen LogP contribution in [-0.4, -0.2) is 62.9 Å². The van der Waals surface area contributed by atoms with Gasteiger partial charge in [0.2, 0.25) is 0 Å². The minimum Gasteiger partial charge on any atom is -0.434 e. The van der Waals surface area contributed by atoms with E-state index in [0.29, 0.717) is 18.4 Å². The first-order chi connectivity index (χ1) is 14.5. The summed E-state index contributed by atoms with van der Waals surface area (Å²) in [6.07, 6.45) is 3.11. The molecule has 176 valence electrons. The predicted molar refractivity (Wildman–Crippen MR) is 125 cm³/mol. The maximum Gasteiger partial charge on any atom is 0.387 e. The van der Waals surface area contributed by atoms with Crippen molar-refractivity contribution in [3.8, 4) is 5.75 Å². The van der Waals surface area contributed by atoms with Gasteiger partial charge in [-0.05, 0) is 44.2 Å². The van der Waals surface area contributed by atoms with E-state index in [0.717, 1.165) is 52.1 Å². The molecular formula is C21H32F3IN4O2. The largest absolute Gasteiger partial charge is 0.434 e. The lowest BCUT2D eigenvalue weighted by atomic mass is 10.0. The first-order valence-electron chi connectivity index (χ1n) is 10.6. The van der Waals surface area contributed by atoms with Gasteiger partial charge in [-0.2, -0.15) is 8.78 Å². The van der Waals surface area contributed by atoms with E-state index >= 15 is 0 Å². The van der Waals surface area contributed by atoms with Crippen LogP contribution in [0.1, 0.15) is 31.7 Å². The number of nitrogens with zero attached hydrogens (tertiary/aromatic N) is 2. The summed E-state index contributed by atoms with van der Waals surface area (Å²) in [7, 11) is 0. The van der Waals surface area contributed by atoms with E-state index in [1.54, 1.807) is 0 Å². The third-order valence-electron chi connectivity index (χ3n) is 5.50. The quantitative estimate of drug-likeness (QED) is 0.291. The first-order valence-corrected chi connectivity index (χ1v) is 10.6. The van der Waals surface area contributed by atoms with Crippen LogP contribution in [0.5, 0.6) is 5.75 Å². The number of rotatable bonds is 8. The first kappa shape index (κ1) is 26.0. The number of ether oxygens (including phenoxy) is 2. The van der Waals surface area contributed by atoms with Crippen molar-refractivity contribution in [1.29, 1.82) is 0 Å². The summed E-state index contributed by atoms with van der Waals surface area (Å²) in [5, 5.41) is 6.54. The molecule has 2 N–H and O–H groups in total. The van der Waals surface area contributed by atoms with Gasteiger partial charge in [0.25, 0.3) is 0 Å². The standard InChI is InChI=1S/C21H31F3N4O2.HI/c1-2-25-21(26-12-17-18(22)4-3-5-19(17)30-20(23)24)27-16-6-9-28(10-7-16)13-15-8-11-29-14-15;/h3-5,15-16,20H,2,6-14H2,1H3,(H2,25,26,27);1H. The molecule has 1 aromatic rings. The number of piperidine rings is 1. The van der Waals surface area contributed by atoms with Crippen molar-refractivity contribution >= 4 is 29.9 Å². The lowest BCUT2D eigenvalue weighted by molar-refractivity contribution is -0.0506.